The summed E-state index contributed by atoms with van der Waals surface area (Å²) in [5.41, 5.74) is 8.85. The number of anilines is 1. The van der Waals surface area contributed by atoms with E-state index in [-0.39, 0.29) is 0 Å². The number of nitrogen functional groups attached to an aromatic ring is 1. The number of aromatic nitrogens is 2. The van der Waals surface area contributed by atoms with Crippen molar-refractivity contribution in [3.63, 3.8) is 0 Å². The molecule has 2 aromatic rings. The van der Waals surface area contributed by atoms with Crippen LogP contribution in [0.25, 0.3) is 11.0 Å². The van der Waals surface area contributed by atoms with Crippen LogP contribution < -0.4 is 5.73 Å². The van der Waals surface area contributed by atoms with Gasteiger partial charge in [0.15, 0.2) is 0 Å². The van der Waals surface area contributed by atoms with Gasteiger partial charge in [0.05, 0.1) is 11.2 Å². The normalized spacial score (nSPS) is 30.3. The molecule has 0 spiro atoms. The number of benzene rings is 1. The number of nitrogens with two attached hydrogens (primary N) is 1. The van der Waals surface area contributed by atoms with Crippen molar-refractivity contribution >= 4 is 16.7 Å². The fraction of sp³-hybridized carbons (Fsp3) is 0.588. The van der Waals surface area contributed by atoms with Gasteiger partial charge in [0.25, 0.3) is 0 Å². The summed E-state index contributed by atoms with van der Waals surface area (Å²) in [5.74, 6) is 3.71. The van der Waals surface area contributed by atoms with Crippen LogP contribution >= 0.6 is 0 Å². The molecule has 0 saturated heterocycles. The topological polar surface area (TPSA) is 54.7 Å². The fourth-order valence-electron chi connectivity index (χ4n) is 4.39. The Balaban J connectivity index is 1.61. The smallest absolute Gasteiger partial charge is 0.111 e. The number of para-hydroxylation sites is 1. The van der Waals surface area contributed by atoms with E-state index in [9.17, 15) is 0 Å². The third-order valence-corrected chi connectivity index (χ3v) is 5.49. The molecule has 1 aromatic carbocycles. The van der Waals surface area contributed by atoms with E-state index in [1.54, 1.807) is 0 Å². The zero-order chi connectivity index (χ0) is 13.5. The van der Waals surface area contributed by atoms with Crippen LogP contribution in [-0.4, -0.2) is 9.97 Å². The Hall–Kier alpha value is -1.51. The second kappa shape index (κ2) is 4.80. The van der Waals surface area contributed by atoms with Gasteiger partial charge in [0, 0.05) is 5.92 Å². The molecule has 0 radical (unpaired) electrons. The Morgan fingerprint density at radius 1 is 1.05 bits per heavy atom. The molecule has 2 aliphatic carbocycles. The molecule has 0 aliphatic heterocycles. The summed E-state index contributed by atoms with van der Waals surface area (Å²) in [6.45, 7) is 0. The maximum atomic E-state index is 6.02. The van der Waals surface area contributed by atoms with Crippen LogP contribution in [0.5, 0.6) is 0 Å². The summed E-state index contributed by atoms with van der Waals surface area (Å²) in [5, 5.41) is 0. The zero-order valence-electron chi connectivity index (χ0n) is 11.9. The van der Waals surface area contributed by atoms with Gasteiger partial charge in [-0.2, -0.15) is 0 Å². The van der Waals surface area contributed by atoms with Gasteiger partial charge in [0.2, 0.25) is 0 Å². The summed E-state index contributed by atoms with van der Waals surface area (Å²) in [4.78, 5) is 8.30. The van der Waals surface area contributed by atoms with Crippen LogP contribution in [0.15, 0.2) is 18.2 Å². The highest BCUT2D eigenvalue weighted by Crippen LogP contribution is 2.45. The van der Waals surface area contributed by atoms with Crippen molar-refractivity contribution in [2.45, 2.75) is 50.9 Å². The highest BCUT2D eigenvalue weighted by atomic mass is 14.9. The maximum absolute atomic E-state index is 6.02. The molecule has 2 aliphatic rings. The lowest BCUT2D eigenvalue weighted by Crippen LogP contribution is -2.27. The molecule has 1 aromatic heterocycles. The minimum Gasteiger partial charge on any atom is -0.397 e. The van der Waals surface area contributed by atoms with E-state index >= 15 is 0 Å². The Morgan fingerprint density at radius 3 is 2.75 bits per heavy atom. The number of hydrogen-bond acceptors (Lipinski definition) is 2. The van der Waals surface area contributed by atoms with Gasteiger partial charge in [-0.3, -0.25) is 0 Å². The Morgan fingerprint density at radius 2 is 1.90 bits per heavy atom. The average molecular weight is 269 g/mol. The SMILES string of the molecule is Nc1cccc2[nH]c(C3CCC4CCCCC4C3)nc12. The van der Waals surface area contributed by atoms with Gasteiger partial charge in [-0.15, -0.1) is 0 Å². The standard InChI is InChI=1S/C17H23N3/c18-14-6-3-7-15-16(14)20-17(19-15)13-9-8-11-4-1-2-5-12(11)10-13/h3,6-7,11-13H,1-2,4-5,8-10,18H2,(H,19,20). The summed E-state index contributed by atoms with van der Waals surface area (Å²) in [6.07, 6.45) is 9.79. The van der Waals surface area contributed by atoms with Gasteiger partial charge in [-0.25, -0.2) is 4.98 Å². The van der Waals surface area contributed by atoms with Crippen LogP contribution in [0.1, 0.15) is 56.7 Å². The predicted octanol–water partition coefficient (Wildman–Crippen LogP) is 4.22. The van der Waals surface area contributed by atoms with Crippen molar-refractivity contribution in [1.29, 1.82) is 0 Å². The molecule has 3 N–H and O–H groups in total. The van der Waals surface area contributed by atoms with E-state index in [0.29, 0.717) is 5.92 Å². The van der Waals surface area contributed by atoms with E-state index in [4.69, 9.17) is 10.7 Å². The minimum absolute atomic E-state index is 0.612. The molecule has 2 saturated carbocycles. The Bertz CT molecular complexity index is 616. The summed E-state index contributed by atoms with van der Waals surface area (Å²) >= 11 is 0. The first-order chi connectivity index (χ1) is 9.81. The molecule has 3 atom stereocenters. The first-order valence-electron chi connectivity index (χ1n) is 8.05. The van der Waals surface area contributed by atoms with Crippen LogP contribution in [0, 0.1) is 11.8 Å². The van der Waals surface area contributed by atoms with E-state index in [2.05, 4.69) is 11.1 Å². The summed E-state index contributed by atoms with van der Waals surface area (Å²) in [7, 11) is 0. The van der Waals surface area contributed by atoms with Crippen LogP contribution in [-0.2, 0) is 0 Å². The molecule has 0 bridgehead atoms. The fourth-order valence-corrected chi connectivity index (χ4v) is 4.39. The number of H-pyrrole nitrogens is 1. The van der Waals surface area contributed by atoms with Crippen LogP contribution in [0.2, 0.25) is 0 Å². The van der Waals surface area contributed by atoms with Gasteiger partial charge in [-0.05, 0) is 43.2 Å². The van der Waals surface area contributed by atoms with Gasteiger partial charge < -0.3 is 10.7 Å². The third-order valence-electron chi connectivity index (χ3n) is 5.49. The second-order valence-corrected chi connectivity index (χ2v) is 6.68. The van der Waals surface area contributed by atoms with Crippen LogP contribution in [0.4, 0.5) is 5.69 Å². The lowest BCUT2D eigenvalue weighted by Gasteiger charge is -2.38. The third kappa shape index (κ3) is 2.00. The van der Waals surface area contributed by atoms with Gasteiger partial charge >= 0.3 is 0 Å². The van der Waals surface area contributed by atoms with Gasteiger partial charge in [-0.1, -0.05) is 31.7 Å². The zero-order valence-corrected chi connectivity index (χ0v) is 11.9. The minimum atomic E-state index is 0.612. The molecule has 4 rings (SSSR count). The lowest BCUT2D eigenvalue weighted by molar-refractivity contribution is 0.153. The average Bonchev–Trinajstić information content (AvgIpc) is 2.92. The molecular weight excluding hydrogens is 246 g/mol. The van der Waals surface area contributed by atoms with Gasteiger partial charge in [0.1, 0.15) is 11.3 Å². The number of nitrogens with one attached hydrogen (secondary N) is 1. The first kappa shape index (κ1) is 12.2. The highest BCUT2D eigenvalue weighted by Gasteiger charge is 2.33. The monoisotopic (exact) mass is 269 g/mol. The number of fused-ring (bicyclic) bond motifs is 2. The number of hydrogen-bond donors (Lipinski definition) is 2. The van der Waals surface area contributed by atoms with E-state index < -0.39 is 0 Å². The molecule has 1 heterocycles. The van der Waals surface area contributed by atoms with Crippen molar-refractivity contribution in [2.75, 3.05) is 5.73 Å². The Labute approximate surface area is 120 Å². The molecule has 0 amide bonds. The summed E-state index contributed by atoms with van der Waals surface area (Å²) < 4.78 is 0. The number of aromatic amines is 1. The van der Waals surface area contributed by atoms with Crippen molar-refractivity contribution in [2.24, 2.45) is 11.8 Å². The van der Waals surface area contributed by atoms with Crippen molar-refractivity contribution in [3.05, 3.63) is 24.0 Å². The molecule has 3 unspecified atom stereocenters. The molecular formula is C17H23N3. The number of nitrogens with zero attached hydrogens (tertiary/aromatic N) is 1. The van der Waals surface area contributed by atoms with Crippen LogP contribution in [0.3, 0.4) is 0 Å². The van der Waals surface area contributed by atoms with Crippen molar-refractivity contribution in [3.8, 4) is 0 Å². The molecule has 106 valence electrons. The summed E-state index contributed by atoms with van der Waals surface area (Å²) in [6, 6.07) is 6.01. The Kier molecular flexibility index (Phi) is 2.94. The lowest BCUT2D eigenvalue weighted by atomic mass is 9.67. The van der Waals surface area contributed by atoms with E-state index in [1.165, 1.54) is 50.8 Å². The molecule has 3 nitrogen and oxygen atoms in total. The first-order valence-corrected chi connectivity index (χ1v) is 8.05. The molecule has 20 heavy (non-hydrogen) atoms. The number of rotatable bonds is 1. The quantitative estimate of drug-likeness (QED) is 0.762. The predicted molar refractivity (Wildman–Crippen MR) is 82.5 cm³/mol. The van der Waals surface area contributed by atoms with Crippen molar-refractivity contribution in [1.82, 2.24) is 9.97 Å². The maximum Gasteiger partial charge on any atom is 0.111 e. The highest BCUT2D eigenvalue weighted by molar-refractivity contribution is 5.86. The molecule has 2 fully saturated rings. The van der Waals surface area contributed by atoms with E-state index in [1.807, 2.05) is 12.1 Å². The van der Waals surface area contributed by atoms with E-state index in [0.717, 1.165) is 28.6 Å². The van der Waals surface area contributed by atoms with Crippen molar-refractivity contribution < 1.29 is 0 Å². The number of imidazole rings is 1. The second-order valence-electron chi connectivity index (χ2n) is 6.68. The largest absolute Gasteiger partial charge is 0.397 e. The molecule has 3 heteroatoms.